The number of pyridine rings is 1. The summed E-state index contributed by atoms with van der Waals surface area (Å²) >= 11 is 0. The number of para-hydroxylation sites is 2. The van der Waals surface area contributed by atoms with Gasteiger partial charge in [0.15, 0.2) is 0 Å². The lowest BCUT2D eigenvalue weighted by Gasteiger charge is -2.19. The minimum Gasteiger partial charge on any atom is -0.397 e. The van der Waals surface area contributed by atoms with E-state index in [9.17, 15) is 19.5 Å². The number of hydrogen-bond donors (Lipinski definition) is 5. The average Bonchev–Trinajstić information content (AvgIpc) is 3.41. The first kappa shape index (κ1) is 27.4. The van der Waals surface area contributed by atoms with Crippen LogP contribution in [0.2, 0.25) is 0 Å². The van der Waals surface area contributed by atoms with Crippen molar-refractivity contribution >= 4 is 34.1 Å². The number of hydrogen-bond acceptors (Lipinski definition) is 5. The summed E-state index contributed by atoms with van der Waals surface area (Å²) in [7, 11) is 1.66. The van der Waals surface area contributed by atoms with E-state index in [0.29, 0.717) is 27.8 Å². The van der Waals surface area contributed by atoms with E-state index in [1.54, 1.807) is 81.7 Å². The summed E-state index contributed by atoms with van der Waals surface area (Å²) in [6.07, 6.45) is 1.73. The lowest BCUT2D eigenvalue weighted by atomic mass is 9.94. The van der Waals surface area contributed by atoms with Gasteiger partial charge >= 0.3 is 0 Å². The zero-order chi connectivity index (χ0) is 29.3. The summed E-state index contributed by atoms with van der Waals surface area (Å²) < 4.78 is 1.47. The molecule has 0 bridgehead atoms. The molecule has 9 nitrogen and oxygen atoms in total. The van der Waals surface area contributed by atoms with E-state index in [-0.39, 0.29) is 29.6 Å². The number of aliphatic hydroxyl groups is 1. The third-order valence-electron chi connectivity index (χ3n) is 6.97. The van der Waals surface area contributed by atoms with Gasteiger partial charge in [-0.15, -0.1) is 0 Å². The molecule has 0 saturated heterocycles. The Kier molecular flexibility index (Phi) is 7.21. The van der Waals surface area contributed by atoms with Gasteiger partial charge in [0.1, 0.15) is 11.2 Å². The lowest BCUT2D eigenvalue weighted by Crippen LogP contribution is -2.23. The molecule has 2 heterocycles. The average molecular weight is 550 g/mol. The Labute approximate surface area is 236 Å². The maximum Gasteiger partial charge on any atom is 0.274 e. The number of aromatic amines is 1. The quantitative estimate of drug-likeness (QED) is 0.190. The molecule has 2 aromatic heterocycles. The van der Waals surface area contributed by atoms with Crippen molar-refractivity contribution < 1.29 is 14.7 Å². The minimum atomic E-state index is -1.03. The molecule has 0 atom stereocenters. The van der Waals surface area contributed by atoms with Crippen LogP contribution in [0.5, 0.6) is 0 Å². The summed E-state index contributed by atoms with van der Waals surface area (Å²) in [5, 5.41) is 16.7. The van der Waals surface area contributed by atoms with E-state index in [1.165, 1.54) is 4.57 Å². The van der Waals surface area contributed by atoms with Crippen LogP contribution in [0.1, 0.15) is 45.8 Å². The van der Waals surface area contributed by atoms with Crippen molar-refractivity contribution in [2.24, 2.45) is 7.05 Å². The van der Waals surface area contributed by atoms with Crippen LogP contribution in [-0.2, 0) is 19.2 Å². The van der Waals surface area contributed by atoms with E-state index in [2.05, 4.69) is 15.6 Å². The Morgan fingerprint density at radius 2 is 1.71 bits per heavy atom. The van der Waals surface area contributed by atoms with Crippen LogP contribution in [0.25, 0.3) is 22.0 Å². The Morgan fingerprint density at radius 1 is 0.976 bits per heavy atom. The van der Waals surface area contributed by atoms with E-state index >= 15 is 0 Å². The maximum absolute atomic E-state index is 13.1. The Bertz CT molecular complexity index is 1830. The largest absolute Gasteiger partial charge is 0.397 e. The highest BCUT2D eigenvalue weighted by atomic mass is 16.3. The molecule has 0 aliphatic rings. The smallest absolute Gasteiger partial charge is 0.274 e. The topological polar surface area (TPSA) is 142 Å². The molecular weight excluding hydrogens is 518 g/mol. The molecule has 0 radical (unpaired) electrons. The minimum absolute atomic E-state index is 0.222. The molecule has 0 saturated carbocycles. The van der Waals surface area contributed by atoms with Crippen LogP contribution in [0.15, 0.2) is 89.9 Å². The van der Waals surface area contributed by atoms with Crippen LogP contribution < -0.4 is 21.9 Å². The number of carbonyl (C=O) groups excluding carboxylic acids is 2. The molecule has 0 aliphatic carbocycles. The number of nitrogens with two attached hydrogens (primary N) is 1. The highest BCUT2D eigenvalue weighted by molar-refractivity contribution is 6.06. The number of nitrogens with zero attached hydrogens (tertiary/aromatic N) is 1. The number of carbonyl (C=O) groups is 2. The van der Waals surface area contributed by atoms with Gasteiger partial charge in [-0.05, 0) is 66.9 Å². The molecule has 0 fully saturated rings. The molecule has 0 spiro atoms. The number of aromatic nitrogens is 2. The molecule has 0 unspecified atom stereocenters. The van der Waals surface area contributed by atoms with Gasteiger partial charge in [-0.2, -0.15) is 0 Å². The normalized spacial score (nSPS) is 11.4. The summed E-state index contributed by atoms with van der Waals surface area (Å²) in [5.74, 6) is -0.664. The second-order valence-electron chi connectivity index (χ2n) is 10.5. The molecule has 41 heavy (non-hydrogen) atoms. The van der Waals surface area contributed by atoms with Crippen molar-refractivity contribution in [1.29, 1.82) is 0 Å². The first-order valence-electron chi connectivity index (χ1n) is 13.1. The van der Waals surface area contributed by atoms with Crippen molar-refractivity contribution in [3.63, 3.8) is 0 Å². The van der Waals surface area contributed by atoms with Gasteiger partial charge in [0, 0.05) is 36.3 Å². The van der Waals surface area contributed by atoms with Crippen LogP contribution in [-0.4, -0.2) is 26.5 Å². The lowest BCUT2D eigenvalue weighted by molar-refractivity contribution is 0.0786. The third-order valence-corrected chi connectivity index (χ3v) is 6.97. The van der Waals surface area contributed by atoms with Crippen LogP contribution in [0, 0.1) is 0 Å². The summed E-state index contributed by atoms with van der Waals surface area (Å²) in [6, 6.07) is 23.0. The Balaban J connectivity index is 1.33. The third kappa shape index (κ3) is 5.75. The van der Waals surface area contributed by atoms with E-state index < -0.39 is 5.60 Å². The second-order valence-corrected chi connectivity index (χ2v) is 10.5. The molecule has 5 aromatic rings. The van der Waals surface area contributed by atoms with Gasteiger partial charge < -0.3 is 31.0 Å². The monoisotopic (exact) mass is 549 g/mol. The van der Waals surface area contributed by atoms with Crippen molar-refractivity contribution in [3.05, 3.63) is 118 Å². The van der Waals surface area contributed by atoms with Gasteiger partial charge in [0.2, 0.25) is 0 Å². The zero-order valence-electron chi connectivity index (χ0n) is 23.0. The standard InChI is InChI=1S/C32H31N5O4/c1-32(2,41)22-8-6-7-21(15-22)24-18-37(3)31(40)28-23(24)16-27(35-28)30(39)34-17-19-11-13-20(14-12-19)29(38)36-26-10-5-4-9-25(26)33/h4-16,18,35,41H,17,33H2,1-3H3,(H,34,39)(H,36,38). The van der Waals surface area contributed by atoms with Crippen molar-refractivity contribution in [2.75, 3.05) is 11.1 Å². The first-order valence-corrected chi connectivity index (χ1v) is 13.1. The van der Waals surface area contributed by atoms with Crippen LogP contribution in [0.4, 0.5) is 11.4 Å². The van der Waals surface area contributed by atoms with Crippen molar-refractivity contribution in [3.8, 4) is 11.1 Å². The molecule has 3 aromatic carbocycles. The zero-order valence-corrected chi connectivity index (χ0v) is 23.0. The molecule has 9 heteroatoms. The van der Waals surface area contributed by atoms with E-state index in [0.717, 1.165) is 22.3 Å². The predicted molar refractivity (Wildman–Crippen MR) is 161 cm³/mol. The molecule has 6 N–H and O–H groups in total. The van der Waals surface area contributed by atoms with E-state index in [1.807, 2.05) is 24.3 Å². The number of benzene rings is 3. The SMILES string of the molecule is Cn1cc(-c2cccc(C(C)(C)O)c2)c2cc(C(=O)NCc3ccc(C(=O)Nc4ccccc4N)cc3)[nH]c2c1=O. The van der Waals surface area contributed by atoms with Gasteiger partial charge in [-0.3, -0.25) is 14.4 Å². The number of nitrogen functional groups attached to an aromatic ring is 1. The van der Waals surface area contributed by atoms with Gasteiger partial charge in [-0.25, -0.2) is 0 Å². The van der Waals surface area contributed by atoms with E-state index in [4.69, 9.17) is 5.73 Å². The molecule has 208 valence electrons. The number of H-pyrrole nitrogens is 1. The fraction of sp³-hybridized carbons (Fsp3) is 0.156. The number of fused-ring (bicyclic) bond motifs is 1. The molecular formula is C32H31N5O4. The number of aryl methyl sites for hydroxylation is 1. The second kappa shape index (κ2) is 10.8. The summed E-state index contributed by atoms with van der Waals surface area (Å²) in [5.41, 5.74) is 9.75. The Hall–Kier alpha value is -5.15. The highest BCUT2D eigenvalue weighted by Gasteiger charge is 2.19. The first-order chi connectivity index (χ1) is 19.5. The van der Waals surface area contributed by atoms with Crippen LogP contribution >= 0.6 is 0 Å². The highest BCUT2D eigenvalue weighted by Crippen LogP contribution is 2.31. The fourth-order valence-electron chi connectivity index (χ4n) is 4.61. The Morgan fingerprint density at radius 3 is 2.41 bits per heavy atom. The van der Waals surface area contributed by atoms with Crippen molar-refractivity contribution in [2.45, 2.75) is 26.0 Å². The summed E-state index contributed by atoms with van der Waals surface area (Å²) in [4.78, 5) is 41.5. The number of nitrogens with one attached hydrogen (secondary N) is 3. The maximum atomic E-state index is 13.1. The molecule has 2 amide bonds. The van der Waals surface area contributed by atoms with Gasteiger partial charge in [-0.1, -0.05) is 42.5 Å². The molecule has 0 aliphatic heterocycles. The fourth-order valence-corrected chi connectivity index (χ4v) is 4.61. The molecule has 5 rings (SSSR count). The predicted octanol–water partition coefficient (Wildman–Crippen LogP) is 4.53. The van der Waals surface area contributed by atoms with Gasteiger partial charge in [0.25, 0.3) is 17.4 Å². The number of rotatable bonds is 7. The van der Waals surface area contributed by atoms with Gasteiger partial charge in [0.05, 0.1) is 17.0 Å². The van der Waals surface area contributed by atoms with Crippen LogP contribution in [0.3, 0.4) is 0 Å². The number of anilines is 2. The van der Waals surface area contributed by atoms with Crippen molar-refractivity contribution in [1.82, 2.24) is 14.9 Å². The number of amides is 2. The summed E-state index contributed by atoms with van der Waals surface area (Å²) in [6.45, 7) is 3.65.